The molecular formula is C30H37BrFN3O7. The number of carbonyl (C=O) groups excluding carboxylic acids is 1. The molecule has 1 aliphatic heterocycles. The van der Waals surface area contributed by atoms with Gasteiger partial charge in [-0.05, 0) is 41.5 Å². The minimum Gasteiger partial charge on any atom is -0.493 e. The van der Waals surface area contributed by atoms with Gasteiger partial charge in [0.25, 0.3) is 0 Å². The number of nitrogens with one attached hydrogen (secondary N) is 1. The second kappa shape index (κ2) is 14.9. The Morgan fingerprint density at radius 1 is 1.12 bits per heavy atom. The van der Waals surface area contributed by atoms with Crippen molar-refractivity contribution in [3.8, 4) is 29.1 Å². The van der Waals surface area contributed by atoms with Crippen LogP contribution in [0.2, 0.25) is 0 Å². The maximum absolute atomic E-state index is 15.1. The van der Waals surface area contributed by atoms with Crippen LogP contribution in [0.25, 0.3) is 0 Å². The molecule has 12 heteroatoms. The number of fused-ring (bicyclic) bond motifs is 1. The molecule has 0 fully saturated rings. The van der Waals surface area contributed by atoms with E-state index in [4.69, 9.17) is 29.6 Å². The number of carboxylic acid groups (broad SMARTS) is 1. The van der Waals surface area contributed by atoms with Gasteiger partial charge in [-0.3, -0.25) is 10.2 Å². The molecule has 1 heterocycles. The Balaban J connectivity index is 0.00000616. The van der Waals surface area contributed by atoms with E-state index in [0.717, 1.165) is 11.1 Å². The fourth-order valence-electron chi connectivity index (χ4n) is 4.62. The molecule has 0 unspecified atom stereocenters. The summed E-state index contributed by atoms with van der Waals surface area (Å²) in [5, 5.41) is 26.5. The number of aliphatic carboxylic acids is 1. The largest absolute Gasteiger partial charge is 0.493 e. The Labute approximate surface area is 255 Å². The van der Waals surface area contributed by atoms with Crippen molar-refractivity contribution in [3.05, 3.63) is 46.3 Å². The third kappa shape index (κ3) is 8.12. The highest BCUT2D eigenvalue weighted by atomic mass is 79.9. The van der Waals surface area contributed by atoms with Crippen molar-refractivity contribution in [3.63, 3.8) is 0 Å². The summed E-state index contributed by atoms with van der Waals surface area (Å²) in [6, 6.07) is 7.30. The lowest BCUT2D eigenvalue weighted by Crippen LogP contribution is -2.30. The molecule has 0 aliphatic carbocycles. The van der Waals surface area contributed by atoms with E-state index in [9.17, 15) is 14.7 Å². The van der Waals surface area contributed by atoms with E-state index in [1.165, 1.54) is 19.1 Å². The molecule has 2 aromatic rings. The Morgan fingerprint density at radius 3 is 2.43 bits per heavy atom. The number of amidine groups is 1. The van der Waals surface area contributed by atoms with Crippen molar-refractivity contribution < 1.29 is 38.0 Å². The van der Waals surface area contributed by atoms with Crippen LogP contribution in [0.3, 0.4) is 0 Å². The summed E-state index contributed by atoms with van der Waals surface area (Å²) in [5.74, 6) is -1.22. The molecule has 0 spiro atoms. The minimum absolute atomic E-state index is 0. The first kappa shape index (κ1) is 34.4. The third-order valence-corrected chi connectivity index (χ3v) is 6.62. The summed E-state index contributed by atoms with van der Waals surface area (Å²) in [6.07, 6.45) is 1.32. The fraction of sp³-hybridized carbons (Fsp3) is 0.467. The number of halogens is 2. The first-order valence-electron chi connectivity index (χ1n) is 13.2. The number of nitrogens with zero attached hydrogens (tertiary/aromatic N) is 2. The number of carbonyl (C=O) groups is 2. The zero-order valence-electron chi connectivity index (χ0n) is 24.5. The average Bonchev–Trinajstić information content (AvgIpc) is 3.22. The van der Waals surface area contributed by atoms with Gasteiger partial charge in [0.05, 0.1) is 39.0 Å². The van der Waals surface area contributed by atoms with Crippen LogP contribution in [-0.2, 0) is 28.0 Å². The molecule has 0 atom stereocenters. The van der Waals surface area contributed by atoms with Gasteiger partial charge >= 0.3 is 5.97 Å². The zero-order valence-corrected chi connectivity index (χ0v) is 26.2. The molecule has 10 nitrogen and oxygen atoms in total. The highest BCUT2D eigenvalue weighted by Crippen LogP contribution is 2.41. The Kier molecular flexibility index (Phi) is 12.2. The van der Waals surface area contributed by atoms with Crippen LogP contribution in [0.4, 0.5) is 4.39 Å². The number of hydrogen-bond donors (Lipinski definition) is 2. The second-order valence-corrected chi connectivity index (χ2v) is 10.7. The smallest absolute Gasteiger partial charge is 0.341 e. The summed E-state index contributed by atoms with van der Waals surface area (Å²) in [5.41, 5.74) is 1.74. The topological polar surface area (TPSA) is 142 Å². The van der Waals surface area contributed by atoms with Gasteiger partial charge in [0.15, 0.2) is 41.2 Å². The number of aryl methyl sites for hydroxylation is 1. The predicted molar refractivity (Wildman–Crippen MR) is 159 cm³/mol. The predicted octanol–water partition coefficient (Wildman–Crippen LogP) is 5.21. The lowest BCUT2D eigenvalue weighted by molar-refractivity contribution is -0.139. The summed E-state index contributed by atoms with van der Waals surface area (Å²) < 4.78 is 36.9. The van der Waals surface area contributed by atoms with E-state index in [1.54, 1.807) is 12.1 Å². The summed E-state index contributed by atoms with van der Waals surface area (Å²) in [7, 11) is 2.73. The molecule has 2 aromatic carbocycles. The van der Waals surface area contributed by atoms with E-state index >= 15 is 4.39 Å². The van der Waals surface area contributed by atoms with Gasteiger partial charge in [0.2, 0.25) is 0 Å². The maximum atomic E-state index is 15.1. The average molecular weight is 651 g/mol. The van der Waals surface area contributed by atoms with E-state index in [0.29, 0.717) is 36.3 Å². The molecule has 0 saturated heterocycles. The number of benzene rings is 2. The molecule has 1 aliphatic rings. The van der Waals surface area contributed by atoms with Gasteiger partial charge in [0.1, 0.15) is 5.84 Å². The van der Waals surface area contributed by atoms with Crippen molar-refractivity contribution in [2.24, 2.45) is 0 Å². The molecule has 0 amide bonds. The molecule has 3 rings (SSSR count). The quantitative estimate of drug-likeness (QED) is 0.264. The number of Topliss-reactive ketones (excluding diaryl/α,β-unsaturated/α-hetero) is 1. The van der Waals surface area contributed by atoms with Crippen LogP contribution in [0.1, 0.15) is 62.3 Å². The zero-order chi connectivity index (χ0) is 30.3. The molecule has 0 aromatic heterocycles. The minimum atomic E-state index is -1.12. The van der Waals surface area contributed by atoms with E-state index in [2.05, 4.69) is 6.07 Å². The Morgan fingerprint density at radius 2 is 1.83 bits per heavy atom. The number of rotatable bonds is 14. The van der Waals surface area contributed by atoms with Crippen LogP contribution < -0.4 is 18.9 Å². The molecular weight excluding hydrogens is 613 g/mol. The van der Waals surface area contributed by atoms with E-state index in [1.807, 2.05) is 26.8 Å². The molecule has 228 valence electrons. The van der Waals surface area contributed by atoms with Crippen molar-refractivity contribution in [1.82, 2.24) is 4.90 Å². The van der Waals surface area contributed by atoms with Crippen LogP contribution in [0.5, 0.6) is 23.0 Å². The van der Waals surface area contributed by atoms with Crippen molar-refractivity contribution >= 4 is 34.6 Å². The highest BCUT2D eigenvalue weighted by molar-refractivity contribution is 8.93. The lowest BCUT2D eigenvalue weighted by Gasteiger charge is -2.26. The number of unbranched alkanes of at least 4 members (excludes halogenated alkanes) is 1. The fourth-order valence-corrected chi connectivity index (χ4v) is 4.62. The van der Waals surface area contributed by atoms with Gasteiger partial charge in [0, 0.05) is 24.9 Å². The first-order valence-corrected chi connectivity index (χ1v) is 13.2. The molecule has 0 radical (unpaired) electrons. The van der Waals surface area contributed by atoms with Gasteiger partial charge < -0.3 is 29.0 Å². The van der Waals surface area contributed by atoms with Crippen LogP contribution in [-0.4, -0.2) is 61.6 Å². The van der Waals surface area contributed by atoms with Crippen LogP contribution in [0, 0.1) is 22.6 Å². The molecule has 0 bridgehead atoms. The van der Waals surface area contributed by atoms with E-state index in [-0.39, 0.29) is 71.8 Å². The van der Waals surface area contributed by atoms with Crippen molar-refractivity contribution in [2.45, 2.75) is 58.4 Å². The third-order valence-electron chi connectivity index (χ3n) is 6.62. The van der Waals surface area contributed by atoms with Crippen molar-refractivity contribution in [1.29, 1.82) is 10.7 Å². The highest BCUT2D eigenvalue weighted by Gasteiger charge is 2.32. The normalized spacial score (nSPS) is 12.2. The number of methoxy groups -OCH3 is 2. The molecule has 0 saturated carbocycles. The molecule has 42 heavy (non-hydrogen) atoms. The van der Waals surface area contributed by atoms with Gasteiger partial charge in [-0.15, -0.1) is 17.0 Å². The Hall–Kier alpha value is -3.85. The van der Waals surface area contributed by atoms with Crippen LogP contribution >= 0.6 is 17.0 Å². The maximum Gasteiger partial charge on any atom is 0.341 e. The monoisotopic (exact) mass is 649 g/mol. The van der Waals surface area contributed by atoms with Gasteiger partial charge in [-0.25, -0.2) is 9.18 Å². The van der Waals surface area contributed by atoms with Gasteiger partial charge in [-0.1, -0.05) is 26.8 Å². The lowest BCUT2D eigenvalue weighted by atomic mass is 9.84. The number of ether oxygens (including phenoxy) is 4. The molecule has 2 N–H and O–H groups in total. The first-order chi connectivity index (χ1) is 19.4. The standard InChI is InChI=1S/C30H36FN3O7.BrH/c1-30(2,3)21-12-18(13-23(40-11-7-6-10-32)27(21)41-17-24(36)37)8-9-20(35)16-34-15-19-14-22(38-4)28(39-5)26(31)25(19)29(34)33;/h12-14,33H,6-9,11,15-17H2,1-5H3,(H,36,37);1H. The SMILES string of the molecule is Br.COc1cc2c(c(F)c1OC)C(=N)N(CC(=O)CCc1cc(OCCCC#N)c(OCC(=O)O)c(C(C)(C)C)c1)C2. The number of hydrogen-bond acceptors (Lipinski definition) is 8. The van der Waals surface area contributed by atoms with Crippen LogP contribution in [0.15, 0.2) is 18.2 Å². The summed E-state index contributed by atoms with van der Waals surface area (Å²) in [4.78, 5) is 25.8. The number of ketones is 1. The van der Waals surface area contributed by atoms with E-state index < -0.39 is 23.8 Å². The number of carboxylic acids is 1. The van der Waals surface area contributed by atoms with Crippen molar-refractivity contribution in [2.75, 3.05) is 34.0 Å². The van der Waals surface area contributed by atoms with Gasteiger partial charge in [-0.2, -0.15) is 5.26 Å². The number of nitriles is 1. The second-order valence-electron chi connectivity index (χ2n) is 10.7. The summed E-state index contributed by atoms with van der Waals surface area (Å²) in [6.45, 7) is 5.71. The Bertz CT molecular complexity index is 1370. The summed E-state index contributed by atoms with van der Waals surface area (Å²) >= 11 is 0.